The van der Waals surface area contributed by atoms with Gasteiger partial charge in [0.05, 0.1) is 0 Å². The second-order valence-electron chi connectivity index (χ2n) is 4.63. The molecule has 0 radical (unpaired) electrons. The number of amides is 1. The molecule has 0 aliphatic carbocycles. The zero-order valence-electron chi connectivity index (χ0n) is 9.32. The van der Waals surface area contributed by atoms with Crippen molar-refractivity contribution in [3.63, 3.8) is 0 Å². The number of hydrogen-bond acceptors (Lipinski definition) is 3. The molecular formula is C11H18N2O3. The van der Waals surface area contributed by atoms with Crippen molar-refractivity contribution in [2.75, 3.05) is 13.1 Å². The van der Waals surface area contributed by atoms with Crippen LogP contribution in [-0.2, 0) is 9.59 Å². The van der Waals surface area contributed by atoms with Crippen LogP contribution in [0.3, 0.4) is 0 Å². The van der Waals surface area contributed by atoms with Gasteiger partial charge in [0.1, 0.15) is 6.42 Å². The smallest absolute Gasteiger partial charge is 0.312 e. The van der Waals surface area contributed by atoms with Gasteiger partial charge in [-0.05, 0) is 25.8 Å². The number of piperidine rings is 1. The summed E-state index contributed by atoms with van der Waals surface area (Å²) in [4.78, 5) is 24.2. The van der Waals surface area contributed by atoms with E-state index in [2.05, 4.69) is 10.2 Å². The molecule has 0 saturated carbocycles. The van der Waals surface area contributed by atoms with Crippen LogP contribution in [0.15, 0.2) is 0 Å². The monoisotopic (exact) mass is 226 g/mol. The van der Waals surface area contributed by atoms with E-state index >= 15 is 0 Å². The molecule has 2 fully saturated rings. The Hall–Kier alpha value is -1.10. The molecular weight excluding hydrogens is 208 g/mol. The van der Waals surface area contributed by atoms with Gasteiger partial charge >= 0.3 is 5.97 Å². The van der Waals surface area contributed by atoms with Crippen molar-refractivity contribution in [3.05, 3.63) is 0 Å². The molecule has 0 aromatic heterocycles. The van der Waals surface area contributed by atoms with Crippen LogP contribution in [0, 0.1) is 0 Å². The Morgan fingerprint density at radius 1 is 1.25 bits per heavy atom. The van der Waals surface area contributed by atoms with Gasteiger partial charge in [-0.1, -0.05) is 6.42 Å². The summed E-state index contributed by atoms with van der Waals surface area (Å²) in [6, 6.07) is 0.596. The Kier molecular flexibility index (Phi) is 3.43. The van der Waals surface area contributed by atoms with Crippen LogP contribution in [0.5, 0.6) is 0 Å². The summed E-state index contributed by atoms with van der Waals surface area (Å²) >= 11 is 0. The minimum absolute atomic E-state index is 0.159. The number of nitrogens with one attached hydrogen (secondary N) is 1. The maximum absolute atomic E-state index is 11.4. The summed E-state index contributed by atoms with van der Waals surface area (Å²) in [6.07, 6.45) is 4.12. The molecule has 1 amide bonds. The molecule has 2 rings (SSSR count). The highest BCUT2D eigenvalue weighted by atomic mass is 16.4. The Bertz CT molecular complexity index is 293. The van der Waals surface area contributed by atoms with Crippen molar-refractivity contribution >= 4 is 11.9 Å². The first-order valence-corrected chi connectivity index (χ1v) is 5.92. The lowest BCUT2D eigenvalue weighted by Crippen LogP contribution is -2.47. The molecule has 0 spiro atoms. The van der Waals surface area contributed by atoms with Crippen LogP contribution in [0.25, 0.3) is 0 Å². The van der Waals surface area contributed by atoms with Crippen molar-refractivity contribution < 1.29 is 14.7 Å². The molecule has 90 valence electrons. The first kappa shape index (κ1) is 11.4. The topological polar surface area (TPSA) is 69.6 Å². The first-order valence-electron chi connectivity index (χ1n) is 5.92. The summed E-state index contributed by atoms with van der Waals surface area (Å²) in [7, 11) is 0. The van der Waals surface area contributed by atoms with E-state index in [1.807, 2.05) is 0 Å². The van der Waals surface area contributed by atoms with Gasteiger partial charge < -0.3 is 10.4 Å². The molecule has 2 atom stereocenters. The van der Waals surface area contributed by atoms with E-state index in [4.69, 9.17) is 5.11 Å². The number of carboxylic acid groups (broad SMARTS) is 1. The quantitative estimate of drug-likeness (QED) is 0.675. The second kappa shape index (κ2) is 4.82. The van der Waals surface area contributed by atoms with Crippen LogP contribution < -0.4 is 5.32 Å². The van der Waals surface area contributed by atoms with E-state index in [0.717, 1.165) is 25.9 Å². The molecule has 0 aromatic carbocycles. The highest BCUT2D eigenvalue weighted by Gasteiger charge is 2.36. The number of carbonyl (C=O) groups excluding carboxylic acids is 1. The molecule has 2 aliphatic heterocycles. The SMILES string of the molecule is O=C(O)CC(=O)NC1CCN2CCCCC12. The fraction of sp³-hybridized carbons (Fsp3) is 0.818. The molecule has 2 N–H and O–H groups in total. The third kappa shape index (κ3) is 2.52. The van der Waals surface area contributed by atoms with Crippen molar-refractivity contribution in [1.82, 2.24) is 10.2 Å². The zero-order valence-corrected chi connectivity index (χ0v) is 9.32. The Morgan fingerprint density at radius 3 is 2.81 bits per heavy atom. The minimum Gasteiger partial charge on any atom is -0.481 e. The molecule has 0 aromatic rings. The summed E-state index contributed by atoms with van der Waals surface area (Å²) in [5, 5.41) is 11.4. The lowest BCUT2D eigenvalue weighted by molar-refractivity contribution is -0.140. The summed E-state index contributed by atoms with van der Waals surface area (Å²) in [6.45, 7) is 2.15. The van der Waals surface area contributed by atoms with Crippen LogP contribution in [0.1, 0.15) is 32.1 Å². The van der Waals surface area contributed by atoms with E-state index in [0.29, 0.717) is 6.04 Å². The minimum atomic E-state index is -1.06. The molecule has 2 saturated heterocycles. The van der Waals surface area contributed by atoms with Crippen molar-refractivity contribution in [2.24, 2.45) is 0 Å². The van der Waals surface area contributed by atoms with Gasteiger partial charge in [0.25, 0.3) is 0 Å². The van der Waals surface area contributed by atoms with E-state index in [9.17, 15) is 9.59 Å². The van der Waals surface area contributed by atoms with Crippen LogP contribution in [0.2, 0.25) is 0 Å². The molecule has 2 aliphatic rings. The number of aliphatic carboxylic acids is 1. The summed E-state index contributed by atoms with van der Waals surface area (Å²) in [5.41, 5.74) is 0. The standard InChI is InChI=1S/C11H18N2O3/c14-10(7-11(15)16)12-8-4-6-13-5-2-1-3-9(8)13/h8-9H,1-7H2,(H,12,14)(H,15,16). The second-order valence-corrected chi connectivity index (χ2v) is 4.63. The van der Waals surface area contributed by atoms with Gasteiger partial charge in [-0.2, -0.15) is 0 Å². The number of carboxylic acids is 1. The molecule has 0 bridgehead atoms. The predicted octanol–water partition coefficient (Wildman–Crippen LogP) is 0.204. The number of rotatable bonds is 3. The summed E-state index contributed by atoms with van der Waals surface area (Å²) < 4.78 is 0. The number of carbonyl (C=O) groups is 2. The average Bonchev–Trinajstić information content (AvgIpc) is 2.61. The third-order valence-electron chi connectivity index (χ3n) is 3.51. The number of hydrogen-bond donors (Lipinski definition) is 2. The largest absolute Gasteiger partial charge is 0.481 e. The fourth-order valence-electron chi connectivity index (χ4n) is 2.81. The van der Waals surface area contributed by atoms with Crippen LogP contribution in [0.4, 0.5) is 0 Å². The Balaban J connectivity index is 1.86. The maximum atomic E-state index is 11.4. The van der Waals surface area contributed by atoms with Gasteiger partial charge in [-0.15, -0.1) is 0 Å². The lowest BCUT2D eigenvalue weighted by atomic mass is 9.99. The highest BCUT2D eigenvalue weighted by molar-refractivity contribution is 5.93. The van der Waals surface area contributed by atoms with Crippen molar-refractivity contribution in [3.8, 4) is 0 Å². The predicted molar refractivity (Wildman–Crippen MR) is 58.0 cm³/mol. The summed E-state index contributed by atoms with van der Waals surface area (Å²) in [5.74, 6) is -1.42. The zero-order chi connectivity index (χ0) is 11.5. The van der Waals surface area contributed by atoms with E-state index in [1.165, 1.54) is 12.8 Å². The maximum Gasteiger partial charge on any atom is 0.312 e. The van der Waals surface area contributed by atoms with Gasteiger partial charge in [-0.3, -0.25) is 14.5 Å². The lowest BCUT2D eigenvalue weighted by Gasteiger charge is -2.32. The van der Waals surface area contributed by atoms with Crippen LogP contribution >= 0.6 is 0 Å². The Morgan fingerprint density at radius 2 is 2.06 bits per heavy atom. The Labute approximate surface area is 94.8 Å². The molecule has 2 unspecified atom stereocenters. The molecule has 2 heterocycles. The van der Waals surface area contributed by atoms with Gasteiger partial charge in [0, 0.05) is 18.6 Å². The van der Waals surface area contributed by atoms with E-state index in [-0.39, 0.29) is 11.9 Å². The van der Waals surface area contributed by atoms with Gasteiger partial charge in [-0.25, -0.2) is 0 Å². The highest BCUT2D eigenvalue weighted by Crippen LogP contribution is 2.27. The average molecular weight is 226 g/mol. The van der Waals surface area contributed by atoms with Crippen molar-refractivity contribution in [1.29, 1.82) is 0 Å². The molecule has 5 heteroatoms. The third-order valence-corrected chi connectivity index (χ3v) is 3.51. The van der Waals surface area contributed by atoms with E-state index in [1.54, 1.807) is 0 Å². The van der Waals surface area contributed by atoms with Crippen LogP contribution in [-0.4, -0.2) is 47.1 Å². The van der Waals surface area contributed by atoms with E-state index < -0.39 is 12.4 Å². The number of fused-ring (bicyclic) bond motifs is 1. The normalized spacial score (nSPS) is 29.8. The first-order chi connectivity index (χ1) is 7.66. The fourth-order valence-corrected chi connectivity index (χ4v) is 2.81. The van der Waals surface area contributed by atoms with Crippen molar-refractivity contribution in [2.45, 2.75) is 44.2 Å². The van der Waals surface area contributed by atoms with Gasteiger partial charge in [0.2, 0.25) is 5.91 Å². The molecule has 5 nitrogen and oxygen atoms in total. The van der Waals surface area contributed by atoms with Gasteiger partial charge in [0.15, 0.2) is 0 Å². The number of nitrogens with zero attached hydrogens (tertiary/aromatic N) is 1. The molecule has 16 heavy (non-hydrogen) atoms.